The van der Waals surface area contributed by atoms with Gasteiger partial charge in [-0.25, -0.2) is 4.79 Å². The Hall–Kier alpha value is -1.33. The van der Waals surface area contributed by atoms with Crippen LogP contribution in [0.25, 0.3) is 0 Å². The lowest BCUT2D eigenvalue weighted by atomic mass is 10.2. The van der Waals surface area contributed by atoms with Gasteiger partial charge < -0.3 is 14.3 Å². The minimum atomic E-state index is -0.416. The molecule has 0 aromatic carbocycles. The summed E-state index contributed by atoms with van der Waals surface area (Å²) in [6, 6.07) is 1.60. The summed E-state index contributed by atoms with van der Waals surface area (Å²) in [5.74, 6) is 0.188. The summed E-state index contributed by atoms with van der Waals surface area (Å²) in [6.45, 7) is 4.80. The lowest BCUT2D eigenvalue weighted by molar-refractivity contribution is 0.0522. The Bertz CT molecular complexity index is 359. The van der Waals surface area contributed by atoms with Crippen LogP contribution in [0.15, 0.2) is 16.7 Å². The monoisotopic (exact) mass is 241 g/mol. The maximum Gasteiger partial charge on any atom is 0.341 e. The molecule has 1 unspecified atom stereocenters. The molecule has 0 aliphatic heterocycles. The number of carbonyl (C=O) groups excluding carboxylic acids is 1. The van der Waals surface area contributed by atoms with Gasteiger partial charge in [0.1, 0.15) is 11.3 Å². The SMILES string of the molecule is CCOC(=O)c1ccoc1CN(C)CC(C)O. The Morgan fingerprint density at radius 2 is 2.35 bits per heavy atom. The van der Waals surface area contributed by atoms with Gasteiger partial charge in [0.05, 0.1) is 25.5 Å². The maximum absolute atomic E-state index is 11.6. The lowest BCUT2D eigenvalue weighted by Gasteiger charge is -2.17. The zero-order valence-corrected chi connectivity index (χ0v) is 10.5. The molecule has 1 heterocycles. The molecule has 0 saturated heterocycles. The standard InChI is InChI=1S/C12H19NO4/c1-4-16-12(15)10-5-6-17-11(10)8-13(3)7-9(2)14/h5-6,9,14H,4,7-8H2,1-3H3. The van der Waals surface area contributed by atoms with Crippen molar-refractivity contribution >= 4 is 5.97 Å². The number of likely N-dealkylation sites (N-methyl/N-ethyl adjacent to an activating group) is 1. The van der Waals surface area contributed by atoms with Gasteiger partial charge in [-0.15, -0.1) is 0 Å². The van der Waals surface area contributed by atoms with Crippen molar-refractivity contribution in [2.45, 2.75) is 26.5 Å². The number of aliphatic hydroxyl groups is 1. The van der Waals surface area contributed by atoms with E-state index in [0.29, 0.717) is 31.0 Å². The Kier molecular flexibility index (Phi) is 5.18. The highest BCUT2D eigenvalue weighted by Crippen LogP contribution is 2.14. The first kappa shape index (κ1) is 13.7. The molecule has 1 rings (SSSR count). The number of carbonyl (C=O) groups is 1. The van der Waals surface area contributed by atoms with Crippen molar-refractivity contribution in [1.82, 2.24) is 4.90 Å². The molecular formula is C12H19NO4. The van der Waals surface area contributed by atoms with E-state index in [1.54, 1.807) is 19.9 Å². The number of hydrogen-bond acceptors (Lipinski definition) is 5. The number of hydrogen-bond donors (Lipinski definition) is 1. The first-order valence-electron chi connectivity index (χ1n) is 5.64. The second-order valence-corrected chi connectivity index (χ2v) is 4.02. The van der Waals surface area contributed by atoms with Crippen molar-refractivity contribution in [3.8, 4) is 0 Å². The number of esters is 1. The minimum Gasteiger partial charge on any atom is -0.467 e. The van der Waals surface area contributed by atoms with Gasteiger partial charge in [-0.1, -0.05) is 0 Å². The molecule has 0 aliphatic rings. The average molecular weight is 241 g/mol. The fourth-order valence-electron chi connectivity index (χ4n) is 1.61. The largest absolute Gasteiger partial charge is 0.467 e. The normalized spacial score (nSPS) is 12.8. The topological polar surface area (TPSA) is 62.9 Å². The smallest absolute Gasteiger partial charge is 0.341 e. The number of rotatable bonds is 6. The van der Waals surface area contributed by atoms with Crippen LogP contribution in [0.4, 0.5) is 0 Å². The third-order valence-corrected chi connectivity index (χ3v) is 2.23. The van der Waals surface area contributed by atoms with Gasteiger partial charge >= 0.3 is 5.97 Å². The predicted octanol–water partition coefficient (Wildman–Crippen LogP) is 1.27. The second kappa shape index (κ2) is 6.42. The van der Waals surface area contributed by atoms with Crippen LogP contribution in [0, 0.1) is 0 Å². The van der Waals surface area contributed by atoms with Crippen LogP contribution in [0.5, 0.6) is 0 Å². The molecule has 5 heteroatoms. The number of aliphatic hydroxyl groups excluding tert-OH is 1. The number of furan rings is 1. The van der Waals surface area contributed by atoms with Gasteiger partial charge in [0.15, 0.2) is 0 Å². The quantitative estimate of drug-likeness (QED) is 0.760. The van der Waals surface area contributed by atoms with E-state index >= 15 is 0 Å². The van der Waals surface area contributed by atoms with E-state index in [1.807, 2.05) is 11.9 Å². The molecule has 5 nitrogen and oxygen atoms in total. The molecule has 17 heavy (non-hydrogen) atoms. The van der Waals surface area contributed by atoms with Gasteiger partial charge in [0.25, 0.3) is 0 Å². The van der Waals surface area contributed by atoms with E-state index in [9.17, 15) is 9.90 Å². The van der Waals surface area contributed by atoms with Crippen LogP contribution in [0.3, 0.4) is 0 Å². The molecule has 0 bridgehead atoms. The van der Waals surface area contributed by atoms with Gasteiger partial charge in [-0.2, -0.15) is 0 Å². The molecule has 0 amide bonds. The van der Waals surface area contributed by atoms with Crippen LogP contribution in [0.2, 0.25) is 0 Å². The first-order chi connectivity index (χ1) is 8.04. The van der Waals surface area contributed by atoms with E-state index in [-0.39, 0.29) is 5.97 Å². The molecule has 0 spiro atoms. The Morgan fingerprint density at radius 1 is 1.65 bits per heavy atom. The van der Waals surface area contributed by atoms with Crippen molar-refractivity contribution in [2.75, 3.05) is 20.2 Å². The van der Waals surface area contributed by atoms with Crippen molar-refractivity contribution in [3.63, 3.8) is 0 Å². The molecule has 96 valence electrons. The Morgan fingerprint density at radius 3 is 2.94 bits per heavy atom. The average Bonchev–Trinajstić information content (AvgIpc) is 2.64. The summed E-state index contributed by atoms with van der Waals surface area (Å²) in [7, 11) is 1.85. The highest BCUT2D eigenvalue weighted by Gasteiger charge is 2.17. The number of nitrogens with zero attached hydrogens (tertiary/aromatic N) is 1. The van der Waals surface area contributed by atoms with Crippen molar-refractivity contribution < 1.29 is 19.1 Å². The predicted molar refractivity (Wildman–Crippen MR) is 62.7 cm³/mol. The van der Waals surface area contributed by atoms with Gasteiger partial charge in [0.2, 0.25) is 0 Å². The van der Waals surface area contributed by atoms with Crippen molar-refractivity contribution in [1.29, 1.82) is 0 Å². The van der Waals surface area contributed by atoms with Crippen LogP contribution < -0.4 is 0 Å². The zero-order valence-electron chi connectivity index (χ0n) is 10.5. The molecule has 0 aliphatic carbocycles. The van der Waals surface area contributed by atoms with Crippen LogP contribution in [-0.2, 0) is 11.3 Å². The molecule has 0 saturated carbocycles. The summed E-state index contributed by atoms with van der Waals surface area (Å²) in [4.78, 5) is 13.5. The fourth-order valence-corrected chi connectivity index (χ4v) is 1.61. The van der Waals surface area contributed by atoms with E-state index in [0.717, 1.165) is 0 Å². The molecular weight excluding hydrogens is 222 g/mol. The van der Waals surface area contributed by atoms with Crippen LogP contribution >= 0.6 is 0 Å². The molecule has 0 fully saturated rings. The van der Waals surface area contributed by atoms with E-state index < -0.39 is 6.10 Å². The van der Waals surface area contributed by atoms with Crippen molar-refractivity contribution in [2.24, 2.45) is 0 Å². The Balaban J connectivity index is 2.65. The van der Waals surface area contributed by atoms with E-state index in [1.165, 1.54) is 6.26 Å². The van der Waals surface area contributed by atoms with Crippen LogP contribution in [0.1, 0.15) is 30.0 Å². The summed E-state index contributed by atoms with van der Waals surface area (Å²) in [5, 5.41) is 9.25. The van der Waals surface area contributed by atoms with Gasteiger partial charge in [-0.05, 0) is 27.0 Å². The third-order valence-electron chi connectivity index (χ3n) is 2.23. The Labute approximate surface area is 101 Å². The van der Waals surface area contributed by atoms with Crippen molar-refractivity contribution in [3.05, 3.63) is 23.7 Å². The second-order valence-electron chi connectivity index (χ2n) is 4.02. The highest BCUT2D eigenvalue weighted by atomic mass is 16.5. The molecule has 1 atom stereocenters. The minimum absolute atomic E-state index is 0.340. The molecule has 1 aromatic heterocycles. The molecule has 0 radical (unpaired) electrons. The summed E-state index contributed by atoms with van der Waals surface area (Å²) in [5.41, 5.74) is 0.448. The summed E-state index contributed by atoms with van der Waals surface area (Å²) >= 11 is 0. The van der Waals surface area contributed by atoms with E-state index in [2.05, 4.69) is 0 Å². The van der Waals surface area contributed by atoms with Gasteiger partial charge in [0, 0.05) is 6.54 Å². The number of ether oxygens (including phenoxy) is 1. The molecule has 1 N–H and O–H groups in total. The highest BCUT2D eigenvalue weighted by molar-refractivity contribution is 5.90. The maximum atomic E-state index is 11.6. The van der Waals surface area contributed by atoms with Gasteiger partial charge in [-0.3, -0.25) is 4.90 Å². The molecule has 1 aromatic rings. The van der Waals surface area contributed by atoms with E-state index in [4.69, 9.17) is 9.15 Å². The summed E-state index contributed by atoms with van der Waals surface area (Å²) < 4.78 is 10.2. The summed E-state index contributed by atoms with van der Waals surface area (Å²) in [6.07, 6.45) is 1.05. The van der Waals surface area contributed by atoms with Crippen LogP contribution in [-0.4, -0.2) is 42.3 Å². The lowest BCUT2D eigenvalue weighted by Crippen LogP contribution is -2.27. The fraction of sp³-hybridized carbons (Fsp3) is 0.583. The zero-order chi connectivity index (χ0) is 12.8. The first-order valence-corrected chi connectivity index (χ1v) is 5.64. The third kappa shape index (κ3) is 4.20.